The van der Waals surface area contributed by atoms with Crippen LogP contribution in [-0.4, -0.2) is 19.6 Å². The zero-order valence-electron chi connectivity index (χ0n) is 10.6. The molecule has 98 valence electrons. The molecule has 0 saturated carbocycles. The molecule has 3 aromatic heterocycles. The largest absolute Gasteiger partial charge is 0.366 e. The van der Waals surface area contributed by atoms with E-state index < -0.39 is 0 Å². The molecule has 0 unspecified atom stereocenters. The van der Waals surface area contributed by atoms with E-state index in [1.54, 1.807) is 24.3 Å². The average Bonchev–Trinajstić information content (AvgIpc) is 2.94. The number of fused-ring (bicyclic) bond motifs is 1. The Kier molecular flexibility index (Phi) is 2.83. The maximum absolute atomic E-state index is 11.5. The number of nitrogens with one attached hydrogen (secondary N) is 2. The second kappa shape index (κ2) is 4.51. The molecule has 0 saturated heterocycles. The van der Waals surface area contributed by atoms with Crippen LogP contribution in [0.5, 0.6) is 0 Å². The minimum absolute atomic E-state index is 0.264. The van der Waals surface area contributed by atoms with Crippen LogP contribution < -0.4 is 11.0 Å². The van der Waals surface area contributed by atoms with Gasteiger partial charge in [-0.25, -0.2) is 19.3 Å². The monoisotopic (exact) mass is 275 g/mol. The van der Waals surface area contributed by atoms with E-state index in [1.807, 2.05) is 0 Å². The van der Waals surface area contributed by atoms with Gasteiger partial charge in [0.1, 0.15) is 11.6 Å². The van der Waals surface area contributed by atoms with E-state index in [0.29, 0.717) is 18.0 Å². The Morgan fingerprint density at radius 2 is 2.26 bits per heavy atom. The number of aromatic amines is 1. The summed E-state index contributed by atoms with van der Waals surface area (Å²) < 4.78 is 1.45. The average molecular weight is 275 g/mol. The molecular weight excluding hydrogens is 262 g/mol. The Labute approximate surface area is 113 Å². The quantitative estimate of drug-likeness (QED) is 0.763. The SMILES string of the molecule is Cc1cscc1CNc1cc2n[nH]c(=O)n2c(C)n1. The Balaban J connectivity index is 1.90. The third kappa shape index (κ3) is 2.12. The molecule has 3 heterocycles. The third-order valence-electron chi connectivity index (χ3n) is 2.99. The van der Waals surface area contributed by atoms with Gasteiger partial charge >= 0.3 is 5.69 Å². The zero-order chi connectivity index (χ0) is 13.4. The summed E-state index contributed by atoms with van der Waals surface area (Å²) >= 11 is 1.69. The Bertz CT molecular complexity index is 785. The van der Waals surface area contributed by atoms with Gasteiger partial charge in [-0.1, -0.05) is 0 Å². The predicted molar refractivity (Wildman–Crippen MR) is 74.7 cm³/mol. The van der Waals surface area contributed by atoms with Crippen molar-refractivity contribution in [2.45, 2.75) is 20.4 Å². The number of aryl methyl sites for hydroxylation is 2. The van der Waals surface area contributed by atoms with Crippen LogP contribution >= 0.6 is 11.3 Å². The normalized spacial score (nSPS) is 11.1. The van der Waals surface area contributed by atoms with Crippen molar-refractivity contribution in [2.24, 2.45) is 0 Å². The van der Waals surface area contributed by atoms with Crippen LogP contribution in [0.15, 0.2) is 21.6 Å². The highest BCUT2D eigenvalue weighted by Crippen LogP contribution is 2.15. The van der Waals surface area contributed by atoms with Gasteiger partial charge in [0.25, 0.3) is 0 Å². The maximum Gasteiger partial charge on any atom is 0.349 e. The van der Waals surface area contributed by atoms with Crippen molar-refractivity contribution in [3.8, 4) is 0 Å². The van der Waals surface area contributed by atoms with Crippen molar-refractivity contribution in [1.29, 1.82) is 0 Å². The first-order valence-corrected chi connectivity index (χ1v) is 6.80. The highest BCUT2D eigenvalue weighted by Gasteiger charge is 2.07. The van der Waals surface area contributed by atoms with E-state index >= 15 is 0 Å². The summed E-state index contributed by atoms with van der Waals surface area (Å²) in [6.45, 7) is 4.58. The van der Waals surface area contributed by atoms with E-state index in [0.717, 1.165) is 5.82 Å². The summed E-state index contributed by atoms with van der Waals surface area (Å²) in [5.74, 6) is 1.33. The highest BCUT2D eigenvalue weighted by atomic mass is 32.1. The maximum atomic E-state index is 11.5. The molecule has 0 aliphatic carbocycles. The Hall–Kier alpha value is -2.15. The van der Waals surface area contributed by atoms with E-state index in [4.69, 9.17) is 0 Å². The van der Waals surface area contributed by atoms with Gasteiger partial charge in [-0.15, -0.1) is 0 Å². The molecule has 0 amide bonds. The predicted octanol–water partition coefficient (Wildman–Crippen LogP) is 1.71. The fourth-order valence-electron chi connectivity index (χ4n) is 1.94. The number of H-pyrrole nitrogens is 1. The van der Waals surface area contributed by atoms with Crippen molar-refractivity contribution >= 4 is 22.8 Å². The van der Waals surface area contributed by atoms with E-state index in [2.05, 4.69) is 38.2 Å². The second-order valence-electron chi connectivity index (χ2n) is 4.34. The zero-order valence-corrected chi connectivity index (χ0v) is 11.4. The number of thiophene rings is 1. The summed E-state index contributed by atoms with van der Waals surface area (Å²) in [7, 11) is 0. The van der Waals surface area contributed by atoms with Gasteiger partial charge in [0.15, 0.2) is 5.65 Å². The standard InChI is InChI=1S/C12H13N5OS/c1-7-5-19-6-9(7)4-13-10-3-11-15-16-12(18)17(11)8(2)14-10/h3,5-6,13H,4H2,1-2H3,(H,16,18). The number of hydrogen-bond donors (Lipinski definition) is 2. The first-order valence-electron chi connectivity index (χ1n) is 5.85. The van der Waals surface area contributed by atoms with Crippen LogP contribution in [0.1, 0.15) is 17.0 Å². The minimum Gasteiger partial charge on any atom is -0.366 e. The first kappa shape index (κ1) is 11.9. The summed E-state index contributed by atoms with van der Waals surface area (Å²) in [5, 5.41) is 13.9. The van der Waals surface area contributed by atoms with E-state index in [9.17, 15) is 4.79 Å². The lowest BCUT2D eigenvalue weighted by Crippen LogP contribution is -2.14. The number of nitrogens with zero attached hydrogens (tertiary/aromatic N) is 3. The van der Waals surface area contributed by atoms with Gasteiger partial charge in [0.05, 0.1) is 0 Å². The molecule has 19 heavy (non-hydrogen) atoms. The topological polar surface area (TPSA) is 75.1 Å². The van der Waals surface area contributed by atoms with Gasteiger partial charge in [0, 0.05) is 12.6 Å². The molecule has 0 atom stereocenters. The number of rotatable bonds is 3. The molecule has 0 bridgehead atoms. The molecule has 0 fully saturated rings. The molecule has 0 radical (unpaired) electrons. The van der Waals surface area contributed by atoms with Crippen LogP contribution in [-0.2, 0) is 6.54 Å². The fraction of sp³-hybridized carbons (Fsp3) is 0.250. The van der Waals surface area contributed by atoms with E-state index in [1.165, 1.54) is 15.5 Å². The third-order valence-corrected chi connectivity index (χ3v) is 3.90. The summed E-state index contributed by atoms with van der Waals surface area (Å²) in [4.78, 5) is 15.8. The van der Waals surface area contributed by atoms with Crippen LogP contribution in [0.3, 0.4) is 0 Å². The molecule has 3 rings (SSSR count). The molecule has 0 aliphatic rings. The van der Waals surface area contributed by atoms with Gasteiger partial charge in [0.2, 0.25) is 0 Å². The molecule has 0 aromatic carbocycles. The van der Waals surface area contributed by atoms with Gasteiger partial charge in [-0.2, -0.15) is 16.4 Å². The number of anilines is 1. The van der Waals surface area contributed by atoms with Crippen LogP contribution in [0, 0.1) is 13.8 Å². The Morgan fingerprint density at radius 3 is 3.00 bits per heavy atom. The molecule has 2 N–H and O–H groups in total. The van der Waals surface area contributed by atoms with Crippen molar-refractivity contribution in [2.75, 3.05) is 5.32 Å². The first-order chi connectivity index (χ1) is 9.15. The lowest BCUT2D eigenvalue weighted by molar-refractivity contribution is 0.931. The summed E-state index contributed by atoms with van der Waals surface area (Å²) in [6.07, 6.45) is 0. The fourth-order valence-corrected chi connectivity index (χ4v) is 2.80. The second-order valence-corrected chi connectivity index (χ2v) is 5.09. The number of hydrogen-bond acceptors (Lipinski definition) is 5. The van der Waals surface area contributed by atoms with Crippen molar-refractivity contribution < 1.29 is 0 Å². The van der Waals surface area contributed by atoms with E-state index in [-0.39, 0.29) is 5.69 Å². The van der Waals surface area contributed by atoms with Crippen molar-refractivity contribution in [1.82, 2.24) is 19.6 Å². The molecule has 7 heteroatoms. The Morgan fingerprint density at radius 1 is 1.42 bits per heavy atom. The lowest BCUT2D eigenvalue weighted by atomic mass is 10.2. The van der Waals surface area contributed by atoms with Crippen LogP contribution in [0.4, 0.5) is 5.82 Å². The minimum atomic E-state index is -0.264. The van der Waals surface area contributed by atoms with Gasteiger partial charge in [-0.3, -0.25) is 0 Å². The molecular formula is C12H13N5OS. The van der Waals surface area contributed by atoms with Gasteiger partial charge in [-0.05, 0) is 35.7 Å². The molecule has 0 aliphatic heterocycles. The smallest absolute Gasteiger partial charge is 0.349 e. The van der Waals surface area contributed by atoms with Gasteiger partial charge < -0.3 is 5.32 Å². The highest BCUT2D eigenvalue weighted by molar-refractivity contribution is 7.08. The van der Waals surface area contributed by atoms with Crippen molar-refractivity contribution in [3.05, 3.63) is 44.3 Å². The van der Waals surface area contributed by atoms with Crippen molar-refractivity contribution in [3.63, 3.8) is 0 Å². The molecule has 0 spiro atoms. The number of aromatic nitrogens is 4. The molecule has 6 nitrogen and oxygen atoms in total. The summed E-state index contributed by atoms with van der Waals surface area (Å²) in [5.41, 5.74) is 2.83. The lowest BCUT2D eigenvalue weighted by Gasteiger charge is -2.06. The summed E-state index contributed by atoms with van der Waals surface area (Å²) in [6, 6.07) is 1.76. The molecule has 3 aromatic rings. The van der Waals surface area contributed by atoms with Crippen LogP contribution in [0.2, 0.25) is 0 Å². The van der Waals surface area contributed by atoms with Crippen LogP contribution in [0.25, 0.3) is 5.65 Å².